The van der Waals surface area contributed by atoms with Crippen LogP contribution in [0.1, 0.15) is 53.4 Å². The first-order valence-electron chi connectivity index (χ1n) is 6.48. The number of amides is 1. The quantitative estimate of drug-likeness (QED) is 0.771. The average molecular weight is 226 g/mol. The third kappa shape index (κ3) is 2.57. The molecule has 1 aliphatic rings. The standard InChI is InChI=1S/C13H26N2O/c1-5-9(2)10(3)15-12(16)13(4)8-6-7-11(13)14/h9-11H,5-8,14H2,1-4H3,(H,15,16). The normalized spacial score (nSPS) is 33.4. The molecule has 0 spiro atoms. The highest BCUT2D eigenvalue weighted by atomic mass is 16.2. The molecule has 4 unspecified atom stereocenters. The molecule has 1 saturated carbocycles. The molecule has 0 radical (unpaired) electrons. The zero-order valence-corrected chi connectivity index (χ0v) is 11.0. The van der Waals surface area contributed by atoms with Gasteiger partial charge in [-0.1, -0.05) is 26.7 Å². The predicted molar refractivity (Wildman–Crippen MR) is 67.0 cm³/mol. The predicted octanol–water partition coefficient (Wildman–Crippen LogP) is 2.05. The maximum atomic E-state index is 12.2. The zero-order chi connectivity index (χ0) is 12.3. The van der Waals surface area contributed by atoms with Crippen LogP contribution in [0.2, 0.25) is 0 Å². The summed E-state index contributed by atoms with van der Waals surface area (Å²) < 4.78 is 0. The summed E-state index contributed by atoms with van der Waals surface area (Å²) in [5.74, 6) is 0.662. The molecule has 4 atom stereocenters. The number of nitrogens with one attached hydrogen (secondary N) is 1. The van der Waals surface area contributed by atoms with Gasteiger partial charge in [-0.3, -0.25) is 4.79 Å². The van der Waals surface area contributed by atoms with E-state index in [0.29, 0.717) is 5.92 Å². The molecule has 3 N–H and O–H groups in total. The van der Waals surface area contributed by atoms with Crippen LogP contribution in [0.5, 0.6) is 0 Å². The van der Waals surface area contributed by atoms with Gasteiger partial charge in [0.15, 0.2) is 0 Å². The summed E-state index contributed by atoms with van der Waals surface area (Å²) in [4.78, 5) is 12.2. The molecule has 3 heteroatoms. The molecule has 94 valence electrons. The number of carbonyl (C=O) groups is 1. The van der Waals surface area contributed by atoms with Crippen molar-refractivity contribution in [3.63, 3.8) is 0 Å². The van der Waals surface area contributed by atoms with Crippen molar-refractivity contribution < 1.29 is 4.79 Å². The minimum atomic E-state index is -0.346. The van der Waals surface area contributed by atoms with Gasteiger partial charge in [0.2, 0.25) is 5.91 Å². The first-order chi connectivity index (χ1) is 7.41. The monoisotopic (exact) mass is 226 g/mol. The highest BCUT2D eigenvalue weighted by Crippen LogP contribution is 2.37. The highest BCUT2D eigenvalue weighted by Gasteiger charge is 2.43. The van der Waals surface area contributed by atoms with E-state index in [1.165, 1.54) is 0 Å². The number of hydrogen-bond donors (Lipinski definition) is 2. The van der Waals surface area contributed by atoms with E-state index in [0.717, 1.165) is 25.7 Å². The fourth-order valence-corrected chi connectivity index (χ4v) is 2.34. The molecule has 16 heavy (non-hydrogen) atoms. The fourth-order valence-electron chi connectivity index (χ4n) is 2.34. The molecule has 0 aromatic heterocycles. The molecule has 1 amide bonds. The molecule has 1 aliphatic carbocycles. The van der Waals surface area contributed by atoms with Gasteiger partial charge in [-0.2, -0.15) is 0 Å². The van der Waals surface area contributed by atoms with Crippen molar-refractivity contribution in [2.24, 2.45) is 17.1 Å². The first kappa shape index (κ1) is 13.5. The van der Waals surface area contributed by atoms with E-state index >= 15 is 0 Å². The van der Waals surface area contributed by atoms with E-state index in [9.17, 15) is 4.79 Å². The van der Waals surface area contributed by atoms with Gasteiger partial charge >= 0.3 is 0 Å². The molecule has 0 heterocycles. The Balaban J connectivity index is 2.58. The molecular formula is C13H26N2O. The van der Waals surface area contributed by atoms with Crippen LogP contribution in [0.15, 0.2) is 0 Å². The van der Waals surface area contributed by atoms with Crippen molar-refractivity contribution in [1.29, 1.82) is 0 Å². The molecule has 0 saturated heterocycles. The van der Waals surface area contributed by atoms with E-state index in [1.54, 1.807) is 0 Å². The Morgan fingerprint density at radius 1 is 1.56 bits per heavy atom. The van der Waals surface area contributed by atoms with Gasteiger partial charge in [-0.05, 0) is 32.6 Å². The van der Waals surface area contributed by atoms with Gasteiger partial charge < -0.3 is 11.1 Å². The topological polar surface area (TPSA) is 55.1 Å². The van der Waals surface area contributed by atoms with Crippen molar-refractivity contribution >= 4 is 5.91 Å². The number of hydrogen-bond acceptors (Lipinski definition) is 2. The van der Waals surface area contributed by atoms with Crippen LogP contribution < -0.4 is 11.1 Å². The minimum absolute atomic E-state index is 0.0247. The van der Waals surface area contributed by atoms with Gasteiger partial charge in [0.1, 0.15) is 0 Å². The Bertz CT molecular complexity index is 254. The van der Waals surface area contributed by atoms with Crippen molar-refractivity contribution in [1.82, 2.24) is 5.32 Å². The third-order valence-electron chi connectivity index (χ3n) is 4.40. The largest absolute Gasteiger partial charge is 0.353 e. The lowest BCUT2D eigenvalue weighted by Gasteiger charge is -2.30. The molecule has 3 nitrogen and oxygen atoms in total. The Hall–Kier alpha value is -0.570. The first-order valence-corrected chi connectivity index (χ1v) is 6.48. The highest BCUT2D eigenvalue weighted by molar-refractivity contribution is 5.83. The summed E-state index contributed by atoms with van der Waals surface area (Å²) in [7, 11) is 0. The fraction of sp³-hybridized carbons (Fsp3) is 0.923. The summed E-state index contributed by atoms with van der Waals surface area (Å²) in [6, 6.07) is 0.263. The number of rotatable bonds is 4. The second-order valence-corrected chi connectivity index (χ2v) is 5.56. The van der Waals surface area contributed by atoms with Crippen LogP contribution >= 0.6 is 0 Å². The average Bonchev–Trinajstić information content (AvgIpc) is 2.59. The SMILES string of the molecule is CCC(C)C(C)NC(=O)C1(C)CCCC1N. The van der Waals surface area contributed by atoms with E-state index in [1.807, 2.05) is 6.92 Å². The summed E-state index contributed by atoms with van der Waals surface area (Å²) in [6.45, 7) is 8.40. The maximum absolute atomic E-state index is 12.2. The van der Waals surface area contributed by atoms with Crippen molar-refractivity contribution in [3.05, 3.63) is 0 Å². The summed E-state index contributed by atoms with van der Waals surface area (Å²) in [6.07, 6.45) is 4.06. The third-order valence-corrected chi connectivity index (χ3v) is 4.40. The van der Waals surface area contributed by atoms with E-state index in [-0.39, 0.29) is 23.4 Å². The molecule has 0 bridgehead atoms. The minimum Gasteiger partial charge on any atom is -0.353 e. The lowest BCUT2D eigenvalue weighted by Crippen LogP contribution is -2.50. The molecule has 1 fully saturated rings. The molecule has 0 aromatic rings. The van der Waals surface area contributed by atoms with E-state index < -0.39 is 0 Å². The Morgan fingerprint density at radius 3 is 2.62 bits per heavy atom. The molecule has 0 aromatic carbocycles. The van der Waals surface area contributed by atoms with Crippen LogP contribution in [0.4, 0.5) is 0 Å². The van der Waals surface area contributed by atoms with Crippen LogP contribution in [-0.4, -0.2) is 18.0 Å². The second-order valence-electron chi connectivity index (χ2n) is 5.56. The lowest BCUT2D eigenvalue weighted by molar-refractivity contribution is -0.131. The summed E-state index contributed by atoms with van der Waals surface area (Å²) in [5.41, 5.74) is 5.69. The second kappa shape index (κ2) is 5.17. The van der Waals surface area contributed by atoms with Gasteiger partial charge in [0.25, 0.3) is 0 Å². The van der Waals surface area contributed by atoms with Crippen LogP contribution in [0.25, 0.3) is 0 Å². The lowest BCUT2D eigenvalue weighted by atomic mass is 9.83. The Labute approximate surface area is 99.2 Å². The van der Waals surface area contributed by atoms with E-state index in [4.69, 9.17) is 5.73 Å². The van der Waals surface area contributed by atoms with E-state index in [2.05, 4.69) is 26.1 Å². The molecule has 1 rings (SSSR count). The van der Waals surface area contributed by atoms with Gasteiger partial charge in [-0.25, -0.2) is 0 Å². The summed E-state index contributed by atoms with van der Waals surface area (Å²) >= 11 is 0. The summed E-state index contributed by atoms with van der Waals surface area (Å²) in [5, 5.41) is 3.12. The Morgan fingerprint density at radius 2 is 2.19 bits per heavy atom. The van der Waals surface area contributed by atoms with Crippen LogP contribution in [-0.2, 0) is 4.79 Å². The van der Waals surface area contributed by atoms with Gasteiger partial charge in [-0.15, -0.1) is 0 Å². The maximum Gasteiger partial charge on any atom is 0.227 e. The molecular weight excluding hydrogens is 200 g/mol. The van der Waals surface area contributed by atoms with Crippen LogP contribution in [0, 0.1) is 11.3 Å². The smallest absolute Gasteiger partial charge is 0.227 e. The van der Waals surface area contributed by atoms with Gasteiger partial charge in [0.05, 0.1) is 5.41 Å². The van der Waals surface area contributed by atoms with Crippen molar-refractivity contribution in [3.8, 4) is 0 Å². The number of nitrogens with two attached hydrogens (primary N) is 1. The molecule has 0 aliphatic heterocycles. The van der Waals surface area contributed by atoms with Crippen LogP contribution in [0.3, 0.4) is 0 Å². The number of carbonyl (C=O) groups excluding carboxylic acids is 1. The Kier molecular flexibility index (Phi) is 4.36. The van der Waals surface area contributed by atoms with Gasteiger partial charge in [0, 0.05) is 12.1 Å². The zero-order valence-electron chi connectivity index (χ0n) is 11.0. The van der Waals surface area contributed by atoms with Crippen molar-refractivity contribution in [2.75, 3.05) is 0 Å². The van der Waals surface area contributed by atoms with Crippen molar-refractivity contribution in [2.45, 2.75) is 65.5 Å².